The first kappa shape index (κ1) is 32.3. The van der Waals surface area contributed by atoms with Crippen LogP contribution in [0.5, 0.6) is 0 Å². The summed E-state index contributed by atoms with van der Waals surface area (Å²) >= 11 is 0. The monoisotopic (exact) mass is 451 g/mol. The topological polar surface area (TPSA) is 92.8 Å². The van der Waals surface area contributed by atoms with Crippen molar-refractivity contribution in [3.8, 4) is 0 Å². The number of unbranched alkanes of at least 4 members (excludes halogenated alkanes) is 14. The number of hydrogen-bond donors (Lipinski definition) is 3. The third-order valence-corrected chi connectivity index (χ3v) is 5.93. The van der Waals surface area contributed by atoms with Crippen molar-refractivity contribution in [3.05, 3.63) is 0 Å². The molecule has 0 aromatic heterocycles. The molecule has 0 aromatic carbocycles. The standard InChI is InChI=1S/C12H27N.C12H27O4P/c1-2-3-4-5-6-7-8-9-10-11-12-13;1-3-5-7-8-9-11-12(10-6-4-2)16-17(13,14)15/h2-13H2,1H3;12H,3-11H2,1-2H3,(H2,13,14,15). The largest absolute Gasteiger partial charge is 0.469 e. The second-order valence-corrected chi connectivity index (χ2v) is 9.73. The van der Waals surface area contributed by atoms with E-state index in [4.69, 9.17) is 20.0 Å². The molecular weight excluding hydrogens is 397 g/mol. The van der Waals surface area contributed by atoms with Crippen molar-refractivity contribution in [2.24, 2.45) is 5.73 Å². The molecule has 184 valence electrons. The lowest BCUT2D eigenvalue weighted by atomic mass is 10.0. The first-order valence-electron chi connectivity index (χ1n) is 12.8. The van der Waals surface area contributed by atoms with Gasteiger partial charge in [-0.15, -0.1) is 0 Å². The Balaban J connectivity index is 0. The quantitative estimate of drug-likeness (QED) is 0.122. The van der Waals surface area contributed by atoms with E-state index in [1.165, 1.54) is 83.5 Å². The highest BCUT2D eigenvalue weighted by molar-refractivity contribution is 7.46. The zero-order valence-electron chi connectivity index (χ0n) is 20.5. The van der Waals surface area contributed by atoms with Crippen molar-refractivity contribution < 1.29 is 18.9 Å². The van der Waals surface area contributed by atoms with E-state index in [-0.39, 0.29) is 6.10 Å². The average molecular weight is 452 g/mol. The first-order valence-corrected chi connectivity index (χ1v) is 14.4. The van der Waals surface area contributed by atoms with Crippen LogP contribution in [0, 0.1) is 0 Å². The van der Waals surface area contributed by atoms with Crippen molar-refractivity contribution in [2.75, 3.05) is 6.54 Å². The molecule has 30 heavy (non-hydrogen) atoms. The summed E-state index contributed by atoms with van der Waals surface area (Å²) in [5, 5.41) is 0. The summed E-state index contributed by atoms with van der Waals surface area (Å²) in [4.78, 5) is 17.6. The summed E-state index contributed by atoms with van der Waals surface area (Å²) in [5.74, 6) is 0. The summed E-state index contributed by atoms with van der Waals surface area (Å²) in [6.45, 7) is 7.38. The zero-order valence-corrected chi connectivity index (χ0v) is 21.3. The molecule has 0 rings (SSSR count). The van der Waals surface area contributed by atoms with Crippen LogP contribution in [0.15, 0.2) is 0 Å². The van der Waals surface area contributed by atoms with Crippen molar-refractivity contribution >= 4 is 7.82 Å². The molecule has 1 unspecified atom stereocenters. The van der Waals surface area contributed by atoms with Gasteiger partial charge >= 0.3 is 7.82 Å². The number of phosphoric ester groups is 1. The van der Waals surface area contributed by atoms with Gasteiger partial charge in [0.15, 0.2) is 0 Å². The molecule has 0 radical (unpaired) electrons. The summed E-state index contributed by atoms with van der Waals surface area (Å²) in [6.07, 6.45) is 22.9. The predicted octanol–water partition coefficient (Wildman–Crippen LogP) is 7.88. The zero-order chi connectivity index (χ0) is 22.9. The summed E-state index contributed by atoms with van der Waals surface area (Å²) in [5.41, 5.74) is 5.42. The lowest BCUT2D eigenvalue weighted by Gasteiger charge is -2.17. The Kier molecular flexibility index (Phi) is 27.2. The molecule has 6 heteroatoms. The molecule has 0 aliphatic rings. The van der Waals surface area contributed by atoms with Crippen LogP contribution in [0.25, 0.3) is 0 Å². The minimum atomic E-state index is -4.32. The Labute approximate surface area is 188 Å². The van der Waals surface area contributed by atoms with Gasteiger partial charge in [-0.05, 0) is 25.8 Å². The van der Waals surface area contributed by atoms with Crippen LogP contribution >= 0.6 is 7.82 Å². The third-order valence-electron chi connectivity index (χ3n) is 5.35. The van der Waals surface area contributed by atoms with Gasteiger partial charge in [0, 0.05) is 0 Å². The van der Waals surface area contributed by atoms with Gasteiger partial charge < -0.3 is 15.5 Å². The van der Waals surface area contributed by atoms with Gasteiger partial charge in [0.2, 0.25) is 0 Å². The van der Waals surface area contributed by atoms with E-state index in [2.05, 4.69) is 20.8 Å². The first-order chi connectivity index (χ1) is 14.4. The molecule has 0 aliphatic heterocycles. The average Bonchev–Trinajstić information content (AvgIpc) is 2.70. The Bertz CT molecular complexity index is 353. The van der Waals surface area contributed by atoms with Gasteiger partial charge in [-0.3, -0.25) is 4.52 Å². The highest BCUT2D eigenvalue weighted by atomic mass is 31.2. The molecule has 0 aliphatic carbocycles. The number of phosphoric acid groups is 1. The third kappa shape index (κ3) is 30.3. The molecule has 0 saturated heterocycles. The van der Waals surface area contributed by atoms with Crippen molar-refractivity contribution in [2.45, 2.75) is 149 Å². The summed E-state index contributed by atoms with van der Waals surface area (Å²) < 4.78 is 15.6. The second-order valence-electron chi connectivity index (χ2n) is 8.53. The Morgan fingerprint density at radius 1 is 0.633 bits per heavy atom. The van der Waals surface area contributed by atoms with Gasteiger partial charge in [0.1, 0.15) is 0 Å². The van der Waals surface area contributed by atoms with E-state index in [0.29, 0.717) is 0 Å². The SMILES string of the molecule is CCCCCCCC(CCCC)OP(=O)(O)O.CCCCCCCCCCCCN. The summed E-state index contributed by atoms with van der Waals surface area (Å²) in [6, 6.07) is 0. The number of rotatable bonds is 21. The molecule has 0 amide bonds. The molecule has 0 aromatic rings. The van der Waals surface area contributed by atoms with Crippen LogP contribution in [0.1, 0.15) is 143 Å². The highest BCUT2D eigenvalue weighted by Crippen LogP contribution is 2.39. The number of nitrogens with two attached hydrogens (primary N) is 1. The molecule has 0 saturated carbocycles. The Morgan fingerprint density at radius 3 is 1.40 bits per heavy atom. The van der Waals surface area contributed by atoms with Crippen LogP contribution in [-0.2, 0) is 9.09 Å². The van der Waals surface area contributed by atoms with E-state index >= 15 is 0 Å². The van der Waals surface area contributed by atoms with Crippen LogP contribution in [0.3, 0.4) is 0 Å². The van der Waals surface area contributed by atoms with E-state index in [1.807, 2.05) is 0 Å². The van der Waals surface area contributed by atoms with Crippen LogP contribution in [0.4, 0.5) is 0 Å². The second kappa shape index (κ2) is 25.3. The molecule has 0 fully saturated rings. The molecule has 4 N–H and O–H groups in total. The molecular formula is C24H54NO4P. The van der Waals surface area contributed by atoms with E-state index in [0.717, 1.165) is 45.1 Å². The minimum absolute atomic E-state index is 0.280. The summed E-state index contributed by atoms with van der Waals surface area (Å²) in [7, 11) is -4.32. The maximum Gasteiger partial charge on any atom is 0.469 e. The highest BCUT2D eigenvalue weighted by Gasteiger charge is 2.21. The fourth-order valence-electron chi connectivity index (χ4n) is 3.48. The maximum atomic E-state index is 10.8. The van der Waals surface area contributed by atoms with Crippen molar-refractivity contribution in [1.82, 2.24) is 0 Å². The van der Waals surface area contributed by atoms with Gasteiger partial charge in [-0.1, -0.05) is 124 Å². The lowest BCUT2D eigenvalue weighted by Crippen LogP contribution is -2.11. The van der Waals surface area contributed by atoms with Crippen LogP contribution in [-0.4, -0.2) is 22.4 Å². The van der Waals surface area contributed by atoms with Crippen LogP contribution in [0.2, 0.25) is 0 Å². The van der Waals surface area contributed by atoms with E-state index in [1.54, 1.807) is 0 Å². The van der Waals surface area contributed by atoms with E-state index < -0.39 is 7.82 Å². The molecule has 0 spiro atoms. The minimum Gasteiger partial charge on any atom is -0.330 e. The van der Waals surface area contributed by atoms with Gasteiger partial charge in [-0.2, -0.15) is 0 Å². The lowest BCUT2D eigenvalue weighted by molar-refractivity contribution is 0.116. The van der Waals surface area contributed by atoms with E-state index in [9.17, 15) is 4.57 Å². The van der Waals surface area contributed by atoms with Gasteiger partial charge in [0.05, 0.1) is 6.10 Å². The Hall–Kier alpha value is 0.0700. The van der Waals surface area contributed by atoms with Crippen molar-refractivity contribution in [3.63, 3.8) is 0 Å². The molecule has 0 heterocycles. The molecule has 0 bridgehead atoms. The molecule has 5 nitrogen and oxygen atoms in total. The maximum absolute atomic E-state index is 10.8. The predicted molar refractivity (Wildman–Crippen MR) is 131 cm³/mol. The van der Waals surface area contributed by atoms with Gasteiger partial charge in [0.25, 0.3) is 0 Å². The van der Waals surface area contributed by atoms with Gasteiger partial charge in [-0.25, -0.2) is 4.57 Å². The fraction of sp³-hybridized carbons (Fsp3) is 1.00. The normalized spacial score (nSPS) is 12.5. The van der Waals surface area contributed by atoms with Crippen molar-refractivity contribution in [1.29, 1.82) is 0 Å². The number of hydrogen-bond acceptors (Lipinski definition) is 3. The smallest absolute Gasteiger partial charge is 0.330 e. The Morgan fingerprint density at radius 2 is 1.00 bits per heavy atom. The molecule has 1 atom stereocenters. The fourth-order valence-corrected chi connectivity index (χ4v) is 4.08. The van der Waals surface area contributed by atoms with Crippen LogP contribution < -0.4 is 5.73 Å².